The molecule has 0 aliphatic carbocycles. The first kappa shape index (κ1) is 10.5. The highest BCUT2D eigenvalue weighted by molar-refractivity contribution is 5.94. The number of methoxy groups -OCH3 is 1. The van der Waals surface area contributed by atoms with Crippen molar-refractivity contribution in [2.75, 3.05) is 7.11 Å². The zero-order chi connectivity index (χ0) is 11.4. The number of carbonyl (C=O) groups excluding carboxylic acids is 1. The monoisotopic (exact) mass is 216 g/mol. The maximum Gasteiger partial charge on any atom is 0.202 e. The number of ketones is 1. The molecule has 0 saturated heterocycles. The molecule has 0 radical (unpaired) electrons. The van der Waals surface area contributed by atoms with E-state index in [1.807, 2.05) is 24.3 Å². The molecule has 0 saturated carbocycles. The smallest absolute Gasteiger partial charge is 0.202 e. The molecule has 0 spiro atoms. The van der Waals surface area contributed by atoms with E-state index in [0.29, 0.717) is 12.2 Å². The van der Waals surface area contributed by atoms with Crippen LogP contribution in [0.4, 0.5) is 0 Å². The summed E-state index contributed by atoms with van der Waals surface area (Å²) in [4.78, 5) is 11.7. The first-order valence-corrected chi connectivity index (χ1v) is 4.99. The summed E-state index contributed by atoms with van der Waals surface area (Å²) >= 11 is 0. The summed E-state index contributed by atoms with van der Waals surface area (Å²) in [5.74, 6) is 1.17. The molecule has 3 nitrogen and oxygen atoms in total. The molecule has 82 valence electrons. The molecule has 0 N–H and O–H groups in total. The van der Waals surface area contributed by atoms with Gasteiger partial charge < -0.3 is 9.15 Å². The fraction of sp³-hybridized carbons (Fsp3) is 0.154. The predicted molar refractivity (Wildman–Crippen MR) is 59.7 cm³/mol. The first-order chi connectivity index (χ1) is 7.79. The van der Waals surface area contributed by atoms with Crippen LogP contribution in [0.1, 0.15) is 16.1 Å². The lowest BCUT2D eigenvalue weighted by Gasteiger charge is -2.01. The molecule has 0 unspecified atom stereocenters. The Labute approximate surface area is 93.7 Å². The summed E-state index contributed by atoms with van der Waals surface area (Å²) in [6.07, 6.45) is 1.85. The lowest BCUT2D eigenvalue weighted by atomic mass is 10.1. The zero-order valence-corrected chi connectivity index (χ0v) is 8.97. The average Bonchev–Trinajstić information content (AvgIpc) is 2.83. The third-order valence-corrected chi connectivity index (χ3v) is 2.32. The van der Waals surface area contributed by atoms with Gasteiger partial charge in [-0.2, -0.15) is 0 Å². The summed E-state index contributed by atoms with van der Waals surface area (Å²) in [7, 11) is 1.61. The van der Waals surface area contributed by atoms with Gasteiger partial charge in [0.25, 0.3) is 0 Å². The third-order valence-electron chi connectivity index (χ3n) is 2.32. The molecule has 0 aliphatic rings. The number of benzene rings is 1. The third kappa shape index (κ3) is 2.31. The minimum absolute atomic E-state index is 0.0184. The van der Waals surface area contributed by atoms with Crippen molar-refractivity contribution in [2.45, 2.75) is 6.42 Å². The predicted octanol–water partition coefficient (Wildman–Crippen LogP) is 2.71. The molecule has 3 heteroatoms. The van der Waals surface area contributed by atoms with Crippen LogP contribution in [0.15, 0.2) is 47.1 Å². The van der Waals surface area contributed by atoms with Gasteiger partial charge in [-0.25, -0.2) is 0 Å². The van der Waals surface area contributed by atoms with Gasteiger partial charge >= 0.3 is 0 Å². The molecule has 1 aromatic carbocycles. The molecule has 1 aromatic heterocycles. The second-order valence-electron chi connectivity index (χ2n) is 3.43. The van der Waals surface area contributed by atoms with Crippen LogP contribution in [0.5, 0.6) is 5.75 Å². The molecule has 0 fully saturated rings. The van der Waals surface area contributed by atoms with Crippen LogP contribution in [0.2, 0.25) is 0 Å². The fourth-order valence-electron chi connectivity index (χ4n) is 1.45. The minimum atomic E-state index is -0.0184. The number of Topliss-reactive ketones (excluding diaryl/α,β-unsaturated/α-hetero) is 1. The lowest BCUT2D eigenvalue weighted by Crippen LogP contribution is -2.01. The van der Waals surface area contributed by atoms with Crippen LogP contribution in [0.3, 0.4) is 0 Å². The van der Waals surface area contributed by atoms with Gasteiger partial charge in [-0.3, -0.25) is 4.79 Å². The maximum absolute atomic E-state index is 11.7. The van der Waals surface area contributed by atoms with Crippen molar-refractivity contribution in [3.05, 3.63) is 54.0 Å². The number of ether oxygens (including phenoxy) is 1. The van der Waals surface area contributed by atoms with E-state index in [2.05, 4.69) is 0 Å². The molecule has 0 aliphatic heterocycles. The summed E-state index contributed by atoms with van der Waals surface area (Å²) < 4.78 is 10.1. The van der Waals surface area contributed by atoms with Crippen LogP contribution in [-0.2, 0) is 6.42 Å². The van der Waals surface area contributed by atoms with Crippen LogP contribution in [0, 0.1) is 0 Å². The Morgan fingerprint density at radius 1 is 1.25 bits per heavy atom. The van der Waals surface area contributed by atoms with E-state index in [1.54, 1.807) is 19.2 Å². The summed E-state index contributed by atoms with van der Waals surface area (Å²) in [5, 5.41) is 0. The second kappa shape index (κ2) is 4.66. The van der Waals surface area contributed by atoms with Gasteiger partial charge in [-0.1, -0.05) is 12.1 Å². The second-order valence-corrected chi connectivity index (χ2v) is 3.43. The Kier molecular flexibility index (Phi) is 3.05. The summed E-state index contributed by atoms with van der Waals surface area (Å²) in [6.45, 7) is 0. The number of hydrogen-bond donors (Lipinski definition) is 0. The highest BCUT2D eigenvalue weighted by atomic mass is 16.5. The van der Waals surface area contributed by atoms with E-state index in [-0.39, 0.29) is 5.78 Å². The lowest BCUT2D eigenvalue weighted by molar-refractivity contribution is 0.0966. The van der Waals surface area contributed by atoms with E-state index in [9.17, 15) is 4.79 Å². The largest absolute Gasteiger partial charge is 0.497 e. The van der Waals surface area contributed by atoms with Gasteiger partial charge in [-0.15, -0.1) is 0 Å². The quantitative estimate of drug-likeness (QED) is 0.737. The number of hydrogen-bond acceptors (Lipinski definition) is 3. The molecule has 0 atom stereocenters. The van der Waals surface area contributed by atoms with E-state index in [1.165, 1.54) is 6.26 Å². The molecule has 0 bridgehead atoms. The van der Waals surface area contributed by atoms with Gasteiger partial charge in [0, 0.05) is 6.42 Å². The van der Waals surface area contributed by atoms with Gasteiger partial charge in [0.1, 0.15) is 5.75 Å². The molecule has 2 aromatic rings. The Morgan fingerprint density at radius 3 is 2.56 bits per heavy atom. The summed E-state index contributed by atoms with van der Waals surface area (Å²) in [5.41, 5.74) is 0.946. The van der Waals surface area contributed by atoms with Crippen molar-refractivity contribution in [1.29, 1.82) is 0 Å². The van der Waals surface area contributed by atoms with Crippen molar-refractivity contribution in [2.24, 2.45) is 0 Å². The van der Waals surface area contributed by atoms with Crippen molar-refractivity contribution in [3.8, 4) is 5.75 Å². The van der Waals surface area contributed by atoms with Crippen LogP contribution < -0.4 is 4.74 Å². The maximum atomic E-state index is 11.7. The normalized spacial score (nSPS) is 10.1. The van der Waals surface area contributed by atoms with Gasteiger partial charge in [-0.05, 0) is 29.8 Å². The van der Waals surface area contributed by atoms with Crippen LogP contribution in [0.25, 0.3) is 0 Å². The highest BCUT2D eigenvalue weighted by Gasteiger charge is 2.09. The van der Waals surface area contributed by atoms with Gasteiger partial charge in [0.2, 0.25) is 5.78 Å². The summed E-state index contributed by atoms with van der Waals surface area (Å²) in [6, 6.07) is 10.8. The van der Waals surface area contributed by atoms with Crippen molar-refractivity contribution < 1.29 is 13.9 Å². The SMILES string of the molecule is COc1ccc(CC(=O)c2ccco2)cc1. The zero-order valence-electron chi connectivity index (χ0n) is 8.97. The van der Waals surface area contributed by atoms with Crippen molar-refractivity contribution in [1.82, 2.24) is 0 Å². The molecule has 1 heterocycles. The number of carbonyl (C=O) groups is 1. The van der Waals surface area contributed by atoms with E-state index in [4.69, 9.17) is 9.15 Å². The number of rotatable bonds is 4. The topological polar surface area (TPSA) is 39.4 Å². The molecule has 2 rings (SSSR count). The first-order valence-electron chi connectivity index (χ1n) is 4.99. The van der Waals surface area contributed by atoms with Gasteiger partial charge in [0.15, 0.2) is 5.76 Å². The van der Waals surface area contributed by atoms with Crippen molar-refractivity contribution >= 4 is 5.78 Å². The standard InChI is InChI=1S/C13H12O3/c1-15-11-6-4-10(5-7-11)9-12(14)13-3-2-8-16-13/h2-8H,9H2,1H3. The van der Waals surface area contributed by atoms with Crippen molar-refractivity contribution in [3.63, 3.8) is 0 Å². The molecule has 0 amide bonds. The number of furan rings is 1. The Morgan fingerprint density at radius 2 is 2.00 bits per heavy atom. The van der Waals surface area contributed by atoms with E-state index >= 15 is 0 Å². The molecular weight excluding hydrogens is 204 g/mol. The Balaban J connectivity index is 2.06. The fourth-order valence-corrected chi connectivity index (χ4v) is 1.45. The molecular formula is C13H12O3. The van der Waals surface area contributed by atoms with Gasteiger partial charge in [0.05, 0.1) is 13.4 Å². The van der Waals surface area contributed by atoms with E-state index < -0.39 is 0 Å². The minimum Gasteiger partial charge on any atom is -0.497 e. The highest BCUT2D eigenvalue weighted by Crippen LogP contribution is 2.13. The van der Waals surface area contributed by atoms with E-state index in [0.717, 1.165) is 11.3 Å². The molecule has 16 heavy (non-hydrogen) atoms. The Hall–Kier alpha value is -2.03. The Bertz CT molecular complexity index is 454. The average molecular weight is 216 g/mol. The van der Waals surface area contributed by atoms with Crippen LogP contribution in [-0.4, -0.2) is 12.9 Å². The van der Waals surface area contributed by atoms with Crippen LogP contribution >= 0.6 is 0 Å².